The zero-order chi connectivity index (χ0) is 14.4. The van der Waals surface area contributed by atoms with Gasteiger partial charge in [-0.15, -0.1) is 0 Å². The van der Waals surface area contributed by atoms with Crippen molar-refractivity contribution in [2.45, 2.75) is 32.2 Å². The van der Waals surface area contributed by atoms with Crippen LogP contribution in [0.1, 0.15) is 25.3 Å². The summed E-state index contributed by atoms with van der Waals surface area (Å²) in [7, 11) is 1.64. The lowest BCUT2D eigenvalue weighted by atomic mass is 10.1. The van der Waals surface area contributed by atoms with Gasteiger partial charge >= 0.3 is 0 Å². The monoisotopic (exact) mass is 276 g/mol. The number of likely N-dealkylation sites (N-methyl/N-ethyl adjacent to an activating group) is 1. The summed E-state index contributed by atoms with van der Waals surface area (Å²) in [4.78, 5) is 14.4. The van der Waals surface area contributed by atoms with Crippen LogP contribution >= 0.6 is 0 Å². The molecule has 1 atom stereocenters. The van der Waals surface area contributed by atoms with Crippen LogP contribution in [0.15, 0.2) is 24.3 Å². The van der Waals surface area contributed by atoms with E-state index < -0.39 is 0 Å². The molecule has 1 aliphatic heterocycles. The molecule has 110 valence electrons. The molecule has 1 saturated heterocycles. The summed E-state index contributed by atoms with van der Waals surface area (Å²) in [6.07, 6.45) is 2.87. The van der Waals surface area contributed by atoms with Crippen LogP contribution in [0.5, 0.6) is 5.75 Å². The summed E-state index contributed by atoms with van der Waals surface area (Å²) in [5.74, 6) is 0.914. The second-order valence-corrected chi connectivity index (χ2v) is 5.25. The summed E-state index contributed by atoms with van der Waals surface area (Å²) in [6.45, 7) is 5.18. The second-order valence-electron chi connectivity index (χ2n) is 5.25. The average Bonchev–Trinajstić information content (AvgIpc) is 2.93. The second kappa shape index (κ2) is 7.29. The third kappa shape index (κ3) is 3.97. The molecule has 0 spiro atoms. The smallest absolute Gasteiger partial charge is 0.224 e. The van der Waals surface area contributed by atoms with E-state index in [2.05, 4.69) is 17.1 Å². The Kier molecular flexibility index (Phi) is 5.41. The average molecular weight is 276 g/mol. The first kappa shape index (κ1) is 14.9. The normalized spacial score (nSPS) is 19.0. The van der Waals surface area contributed by atoms with E-state index in [0.29, 0.717) is 12.5 Å². The molecule has 1 amide bonds. The molecule has 1 aliphatic rings. The van der Waals surface area contributed by atoms with Crippen molar-refractivity contribution in [2.24, 2.45) is 0 Å². The molecule has 4 nitrogen and oxygen atoms in total. The molecular formula is C16H24N2O2. The number of ether oxygens (including phenoxy) is 1. The van der Waals surface area contributed by atoms with E-state index >= 15 is 0 Å². The minimum atomic E-state index is 0.0955. The predicted molar refractivity (Wildman–Crippen MR) is 80.0 cm³/mol. The molecule has 1 heterocycles. The van der Waals surface area contributed by atoms with E-state index in [0.717, 1.165) is 30.9 Å². The van der Waals surface area contributed by atoms with Crippen LogP contribution in [0, 0.1) is 0 Å². The van der Waals surface area contributed by atoms with Crippen molar-refractivity contribution in [3.05, 3.63) is 29.8 Å². The molecule has 1 aromatic rings. The Hall–Kier alpha value is -1.55. The Morgan fingerprint density at radius 2 is 2.15 bits per heavy atom. The Balaban J connectivity index is 1.77. The highest BCUT2D eigenvalue weighted by Crippen LogP contribution is 2.15. The number of hydrogen-bond donors (Lipinski definition) is 1. The fourth-order valence-electron chi connectivity index (χ4n) is 2.77. The first-order valence-electron chi connectivity index (χ1n) is 7.36. The van der Waals surface area contributed by atoms with Crippen molar-refractivity contribution >= 4 is 5.91 Å². The number of amides is 1. The maximum atomic E-state index is 12.0. The highest BCUT2D eigenvalue weighted by Gasteiger charge is 2.22. The molecule has 1 N–H and O–H groups in total. The third-order valence-electron chi connectivity index (χ3n) is 3.96. The molecule has 0 bridgehead atoms. The number of hydrogen-bond acceptors (Lipinski definition) is 3. The van der Waals surface area contributed by atoms with Gasteiger partial charge in [0.1, 0.15) is 5.75 Å². The van der Waals surface area contributed by atoms with Crippen molar-refractivity contribution in [2.75, 3.05) is 26.7 Å². The maximum Gasteiger partial charge on any atom is 0.224 e. The molecule has 0 saturated carbocycles. The molecule has 0 radical (unpaired) electrons. The first-order chi connectivity index (χ1) is 9.72. The van der Waals surface area contributed by atoms with Gasteiger partial charge in [0.25, 0.3) is 0 Å². The van der Waals surface area contributed by atoms with Gasteiger partial charge < -0.3 is 10.1 Å². The van der Waals surface area contributed by atoms with Gasteiger partial charge in [-0.2, -0.15) is 0 Å². The van der Waals surface area contributed by atoms with Gasteiger partial charge in [0.05, 0.1) is 13.5 Å². The van der Waals surface area contributed by atoms with Crippen molar-refractivity contribution in [1.29, 1.82) is 0 Å². The van der Waals surface area contributed by atoms with E-state index in [-0.39, 0.29) is 5.91 Å². The SMILES string of the molecule is CCN1CCC[C@@H]1CNC(=O)Cc1ccc(OC)cc1. The molecule has 0 aliphatic carbocycles. The highest BCUT2D eigenvalue weighted by molar-refractivity contribution is 5.78. The van der Waals surface area contributed by atoms with Crippen molar-refractivity contribution in [1.82, 2.24) is 10.2 Å². The Morgan fingerprint density at radius 1 is 1.40 bits per heavy atom. The summed E-state index contributed by atoms with van der Waals surface area (Å²) in [5.41, 5.74) is 1.02. The van der Waals surface area contributed by atoms with Crippen LogP contribution in [0.2, 0.25) is 0 Å². The molecule has 2 rings (SSSR count). The fraction of sp³-hybridized carbons (Fsp3) is 0.562. The number of nitrogens with one attached hydrogen (secondary N) is 1. The number of carbonyl (C=O) groups is 1. The molecule has 4 heteroatoms. The van der Waals surface area contributed by atoms with E-state index in [1.54, 1.807) is 7.11 Å². The van der Waals surface area contributed by atoms with E-state index in [1.807, 2.05) is 24.3 Å². The molecule has 1 aromatic carbocycles. The zero-order valence-electron chi connectivity index (χ0n) is 12.4. The Labute approximate surface area is 121 Å². The van der Waals surface area contributed by atoms with Gasteiger partial charge in [-0.25, -0.2) is 0 Å². The summed E-state index contributed by atoms with van der Waals surface area (Å²) < 4.78 is 5.11. The highest BCUT2D eigenvalue weighted by atomic mass is 16.5. The van der Waals surface area contributed by atoms with Crippen LogP contribution < -0.4 is 10.1 Å². The standard InChI is InChI=1S/C16H24N2O2/c1-3-18-10-4-5-14(18)12-17-16(19)11-13-6-8-15(20-2)9-7-13/h6-9,14H,3-5,10-12H2,1-2H3,(H,17,19)/t14-/m1/s1. The maximum absolute atomic E-state index is 12.0. The Morgan fingerprint density at radius 3 is 2.80 bits per heavy atom. The van der Waals surface area contributed by atoms with Gasteiger partial charge in [-0.05, 0) is 43.6 Å². The van der Waals surface area contributed by atoms with E-state index in [4.69, 9.17) is 4.74 Å². The van der Waals surface area contributed by atoms with Crippen molar-refractivity contribution in [3.63, 3.8) is 0 Å². The van der Waals surface area contributed by atoms with E-state index in [9.17, 15) is 4.79 Å². The number of likely N-dealkylation sites (tertiary alicyclic amines) is 1. The minimum Gasteiger partial charge on any atom is -0.497 e. The number of nitrogens with zero attached hydrogens (tertiary/aromatic N) is 1. The lowest BCUT2D eigenvalue weighted by Crippen LogP contribution is -2.40. The van der Waals surface area contributed by atoms with Gasteiger partial charge in [0, 0.05) is 12.6 Å². The third-order valence-corrected chi connectivity index (χ3v) is 3.96. The van der Waals surface area contributed by atoms with Crippen molar-refractivity contribution in [3.8, 4) is 5.75 Å². The minimum absolute atomic E-state index is 0.0955. The fourth-order valence-corrected chi connectivity index (χ4v) is 2.77. The summed E-state index contributed by atoms with van der Waals surface area (Å²) in [5, 5.41) is 3.05. The number of benzene rings is 1. The number of rotatable bonds is 6. The summed E-state index contributed by atoms with van der Waals surface area (Å²) >= 11 is 0. The molecular weight excluding hydrogens is 252 g/mol. The molecule has 0 aromatic heterocycles. The topological polar surface area (TPSA) is 41.6 Å². The van der Waals surface area contributed by atoms with Crippen LogP contribution in [0.3, 0.4) is 0 Å². The molecule has 1 fully saturated rings. The van der Waals surface area contributed by atoms with Crippen LogP contribution in [-0.2, 0) is 11.2 Å². The quantitative estimate of drug-likeness (QED) is 0.862. The van der Waals surface area contributed by atoms with Crippen molar-refractivity contribution < 1.29 is 9.53 Å². The zero-order valence-corrected chi connectivity index (χ0v) is 12.4. The van der Waals surface area contributed by atoms with Crippen LogP contribution in [0.4, 0.5) is 0 Å². The lowest BCUT2D eigenvalue weighted by molar-refractivity contribution is -0.120. The molecule has 20 heavy (non-hydrogen) atoms. The lowest BCUT2D eigenvalue weighted by Gasteiger charge is -2.22. The number of methoxy groups -OCH3 is 1. The van der Waals surface area contributed by atoms with Gasteiger partial charge in [-0.1, -0.05) is 19.1 Å². The van der Waals surface area contributed by atoms with Gasteiger partial charge in [0.15, 0.2) is 0 Å². The van der Waals surface area contributed by atoms with Gasteiger partial charge in [0.2, 0.25) is 5.91 Å². The number of carbonyl (C=O) groups excluding carboxylic acids is 1. The van der Waals surface area contributed by atoms with Crippen LogP contribution in [-0.4, -0.2) is 43.6 Å². The van der Waals surface area contributed by atoms with Crippen LogP contribution in [0.25, 0.3) is 0 Å². The Bertz CT molecular complexity index is 431. The van der Waals surface area contributed by atoms with E-state index in [1.165, 1.54) is 12.8 Å². The summed E-state index contributed by atoms with van der Waals surface area (Å²) in [6, 6.07) is 8.16. The predicted octanol–water partition coefficient (Wildman–Crippen LogP) is 1.84. The largest absolute Gasteiger partial charge is 0.497 e. The first-order valence-corrected chi connectivity index (χ1v) is 7.36. The molecule has 0 unspecified atom stereocenters. The van der Waals surface area contributed by atoms with Gasteiger partial charge in [-0.3, -0.25) is 9.69 Å².